The van der Waals surface area contributed by atoms with Gasteiger partial charge >= 0.3 is 5.69 Å². The number of carbonyl (C=O) groups is 1. The normalized spacial score (nSPS) is 15.0. The van der Waals surface area contributed by atoms with E-state index in [1.165, 1.54) is 16.9 Å². The van der Waals surface area contributed by atoms with Crippen molar-refractivity contribution in [3.05, 3.63) is 56.6 Å². The van der Waals surface area contributed by atoms with Gasteiger partial charge in [-0.05, 0) is 19.1 Å². The minimum Gasteiger partial charge on any atom is -0.340 e. The number of nitrogens with zero attached hydrogens (tertiary/aromatic N) is 5. The van der Waals surface area contributed by atoms with Crippen molar-refractivity contribution in [2.75, 3.05) is 26.2 Å². The topological polar surface area (TPSA) is 84.5 Å². The van der Waals surface area contributed by atoms with Crippen molar-refractivity contribution in [2.24, 2.45) is 0 Å². The van der Waals surface area contributed by atoms with Crippen LogP contribution in [-0.2, 0) is 17.9 Å². The maximum absolute atomic E-state index is 13.9. The standard InChI is InChI=1S/C18H21ClFN5O3/c1-13-17(25(27)28)12-24(21-13)6-5-18(26)23-9-7-22(8-10-23)11-14-15(19)3-2-4-16(14)20/h2-4,12H,5-11H2,1H3. The second-order valence-electron chi connectivity index (χ2n) is 6.73. The summed E-state index contributed by atoms with van der Waals surface area (Å²) in [7, 11) is 0. The summed E-state index contributed by atoms with van der Waals surface area (Å²) >= 11 is 6.08. The van der Waals surface area contributed by atoms with Crippen LogP contribution < -0.4 is 0 Å². The first-order valence-corrected chi connectivity index (χ1v) is 9.34. The van der Waals surface area contributed by atoms with Crippen LogP contribution in [0.3, 0.4) is 0 Å². The van der Waals surface area contributed by atoms with E-state index in [-0.39, 0.29) is 23.8 Å². The lowest BCUT2D eigenvalue weighted by molar-refractivity contribution is -0.385. The zero-order valence-corrected chi connectivity index (χ0v) is 16.2. The highest BCUT2D eigenvalue weighted by molar-refractivity contribution is 6.31. The molecular weight excluding hydrogens is 389 g/mol. The fraction of sp³-hybridized carbons (Fsp3) is 0.444. The molecule has 1 aromatic carbocycles. The van der Waals surface area contributed by atoms with Crippen LogP contribution in [0, 0.1) is 22.9 Å². The minimum atomic E-state index is -0.484. The monoisotopic (exact) mass is 409 g/mol. The van der Waals surface area contributed by atoms with Crippen molar-refractivity contribution in [1.82, 2.24) is 19.6 Å². The fourth-order valence-electron chi connectivity index (χ4n) is 3.23. The van der Waals surface area contributed by atoms with E-state index >= 15 is 0 Å². The number of nitro groups is 1. The third kappa shape index (κ3) is 4.66. The highest BCUT2D eigenvalue weighted by atomic mass is 35.5. The molecule has 0 bridgehead atoms. The molecule has 1 amide bonds. The summed E-state index contributed by atoms with van der Waals surface area (Å²) in [6, 6.07) is 4.64. The quantitative estimate of drug-likeness (QED) is 0.541. The Morgan fingerprint density at radius 1 is 1.32 bits per heavy atom. The van der Waals surface area contributed by atoms with E-state index in [0.29, 0.717) is 55.5 Å². The number of rotatable bonds is 6. The number of halogens is 2. The van der Waals surface area contributed by atoms with Gasteiger partial charge in [-0.1, -0.05) is 17.7 Å². The molecule has 0 spiro atoms. The van der Waals surface area contributed by atoms with E-state index in [1.807, 2.05) is 0 Å². The van der Waals surface area contributed by atoms with E-state index in [2.05, 4.69) is 10.00 Å². The predicted octanol–water partition coefficient (Wildman–Crippen LogP) is 2.63. The van der Waals surface area contributed by atoms with Gasteiger partial charge in [0.25, 0.3) is 0 Å². The van der Waals surface area contributed by atoms with Gasteiger partial charge < -0.3 is 4.90 Å². The number of hydrogen-bond donors (Lipinski definition) is 0. The van der Waals surface area contributed by atoms with Gasteiger partial charge in [0.2, 0.25) is 5.91 Å². The van der Waals surface area contributed by atoms with Crippen LogP contribution in [0.2, 0.25) is 5.02 Å². The molecule has 1 saturated heterocycles. The molecule has 28 heavy (non-hydrogen) atoms. The van der Waals surface area contributed by atoms with Crippen LogP contribution in [0.15, 0.2) is 24.4 Å². The Morgan fingerprint density at radius 2 is 2.04 bits per heavy atom. The smallest absolute Gasteiger partial charge is 0.309 e. The van der Waals surface area contributed by atoms with Crippen molar-refractivity contribution in [3.8, 4) is 0 Å². The summed E-state index contributed by atoms with van der Waals surface area (Å²) in [4.78, 5) is 26.6. The summed E-state index contributed by atoms with van der Waals surface area (Å²) < 4.78 is 15.4. The van der Waals surface area contributed by atoms with E-state index in [4.69, 9.17) is 11.6 Å². The van der Waals surface area contributed by atoms with Crippen molar-refractivity contribution < 1.29 is 14.1 Å². The van der Waals surface area contributed by atoms with Crippen molar-refractivity contribution in [3.63, 3.8) is 0 Å². The molecule has 2 aromatic rings. The number of benzene rings is 1. The molecular formula is C18H21ClFN5O3. The van der Waals surface area contributed by atoms with Gasteiger partial charge in [-0.15, -0.1) is 0 Å². The van der Waals surface area contributed by atoms with Gasteiger partial charge in [-0.25, -0.2) is 4.39 Å². The summed E-state index contributed by atoms with van der Waals surface area (Å²) in [5.74, 6) is -0.353. The molecule has 2 heterocycles. The number of aromatic nitrogens is 2. The second kappa shape index (κ2) is 8.66. The number of amides is 1. The van der Waals surface area contributed by atoms with E-state index in [0.717, 1.165) is 0 Å². The Bertz CT molecular complexity index is 860. The average Bonchev–Trinajstić information content (AvgIpc) is 3.04. The van der Waals surface area contributed by atoms with E-state index in [1.54, 1.807) is 24.0 Å². The maximum atomic E-state index is 13.9. The van der Waals surface area contributed by atoms with Crippen molar-refractivity contribution in [2.45, 2.75) is 26.4 Å². The van der Waals surface area contributed by atoms with Crippen LogP contribution in [-0.4, -0.2) is 56.6 Å². The average molecular weight is 410 g/mol. The molecule has 3 rings (SSSR count). The minimum absolute atomic E-state index is 0.0284. The van der Waals surface area contributed by atoms with Crippen LogP contribution in [0.1, 0.15) is 17.7 Å². The summed E-state index contributed by atoms with van der Waals surface area (Å²) in [5.41, 5.74) is 0.755. The molecule has 1 fully saturated rings. The molecule has 0 atom stereocenters. The lowest BCUT2D eigenvalue weighted by Gasteiger charge is -2.35. The summed E-state index contributed by atoms with van der Waals surface area (Å²) in [6.07, 6.45) is 1.57. The Balaban J connectivity index is 1.48. The molecule has 1 aromatic heterocycles. The molecule has 0 aliphatic carbocycles. The lowest BCUT2D eigenvalue weighted by Crippen LogP contribution is -2.48. The molecule has 0 saturated carbocycles. The third-order valence-electron chi connectivity index (χ3n) is 4.84. The SMILES string of the molecule is Cc1nn(CCC(=O)N2CCN(Cc3c(F)cccc3Cl)CC2)cc1[N+](=O)[O-]. The molecule has 0 radical (unpaired) electrons. The van der Waals surface area contributed by atoms with Gasteiger partial charge in [0.05, 0.1) is 4.92 Å². The summed E-state index contributed by atoms with van der Waals surface area (Å²) in [5, 5.41) is 15.3. The van der Waals surface area contributed by atoms with Crippen LogP contribution in [0.5, 0.6) is 0 Å². The molecule has 150 valence electrons. The Kier molecular flexibility index (Phi) is 6.25. The first-order valence-electron chi connectivity index (χ1n) is 8.96. The summed E-state index contributed by atoms with van der Waals surface area (Å²) in [6.45, 7) is 4.61. The fourth-order valence-corrected chi connectivity index (χ4v) is 3.45. The van der Waals surface area contributed by atoms with Gasteiger partial charge in [0, 0.05) is 56.3 Å². The molecule has 0 N–H and O–H groups in total. The van der Waals surface area contributed by atoms with Crippen molar-refractivity contribution >= 4 is 23.2 Å². The maximum Gasteiger partial charge on any atom is 0.309 e. The zero-order valence-electron chi connectivity index (χ0n) is 15.5. The molecule has 10 heteroatoms. The number of hydrogen-bond acceptors (Lipinski definition) is 5. The first-order chi connectivity index (χ1) is 13.3. The van der Waals surface area contributed by atoms with Gasteiger partial charge in [0.1, 0.15) is 17.7 Å². The van der Waals surface area contributed by atoms with Crippen LogP contribution in [0.25, 0.3) is 0 Å². The molecule has 0 unspecified atom stereocenters. The van der Waals surface area contributed by atoms with E-state index in [9.17, 15) is 19.3 Å². The van der Waals surface area contributed by atoms with Gasteiger partial charge in [-0.3, -0.25) is 24.5 Å². The zero-order chi connectivity index (χ0) is 20.3. The lowest BCUT2D eigenvalue weighted by atomic mass is 10.1. The second-order valence-corrected chi connectivity index (χ2v) is 7.13. The van der Waals surface area contributed by atoms with Crippen LogP contribution in [0.4, 0.5) is 10.1 Å². The Hall–Kier alpha value is -2.52. The van der Waals surface area contributed by atoms with Crippen molar-refractivity contribution in [1.29, 1.82) is 0 Å². The Morgan fingerprint density at radius 3 is 2.64 bits per heavy atom. The highest BCUT2D eigenvalue weighted by Crippen LogP contribution is 2.21. The number of carbonyl (C=O) groups excluding carboxylic acids is 1. The molecule has 1 aliphatic heterocycles. The number of piperazine rings is 1. The number of aryl methyl sites for hydroxylation is 2. The Labute approximate surface area is 166 Å². The molecule has 8 nitrogen and oxygen atoms in total. The largest absolute Gasteiger partial charge is 0.340 e. The highest BCUT2D eigenvalue weighted by Gasteiger charge is 2.23. The molecule has 1 aliphatic rings. The third-order valence-corrected chi connectivity index (χ3v) is 5.19. The van der Waals surface area contributed by atoms with Gasteiger partial charge in [0.15, 0.2) is 0 Å². The van der Waals surface area contributed by atoms with Gasteiger partial charge in [-0.2, -0.15) is 5.10 Å². The van der Waals surface area contributed by atoms with E-state index < -0.39 is 4.92 Å². The van der Waals surface area contributed by atoms with Crippen LogP contribution >= 0.6 is 11.6 Å². The first kappa shape index (κ1) is 20.2. The predicted molar refractivity (Wildman–Crippen MR) is 102 cm³/mol.